The first kappa shape index (κ1) is 14.9. The quantitative estimate of drug-likeness (QED) is 0.517. The molecule has 0 aliphatic rings. The third kappa shape index (κ3) is 13.9. The van der Waals surface area contributed by atoms with E-state index in [4.69, 9.17) is 0 Å². The van der Waals surface area contributed by atoms with Crippen LogP contribution in [0, 0.1) is 5.92 Å². The molecule has 2 nitrogen and oxygen atoms in total. The van der Waals surface area contributed by atoms with Crippen LogP contribution in [0.3, 0.4) is 0 Å². The van der Waals surface area contributed by atoms with Crippen molar-refractivity contribution in [3.63, 3.8) is 0 Å². The molecule has 0 bridgehead atoms. The van der Waals surface area contributed by atoms with E-state index in [1.807, 2.05) is 0 Å². The molecule has 0 aliphatic heterocycles. The first-order valence-electron chi connectivity index (χ1n) is 6.68. The van der Waals surface area contributed by atoms with Crippen molar-refractivity contribution in [1.82, 2.24) is 10.6 Å². The Hall–Kier alpha value is -0.0800. The van der Waals surface area contributed by atoms with Crippen LogP contribution in [0.1, 0.15) is 52.9 Å². The molecule has 2 N–H and O–H groups in total. The van der Waals surface area contributed by atoms with E-state index in [0.29, 0.717) is 0 Å². The minimum Gasteiger partial charge on any atom is -0.317 e. The molecule has 92 valence electrons. The van der Waals surface area contributed by atoms with Crippen LogP contribution in [-0.2, 0) is 0 Å². The van der Waals surface area contributed by atoms with Crippen molar-refractivity contribution in [2.24, 2.45) is 5.92 Å². The van der Waals surface area contributed by atoms with E-state index in [1.165, 1.54) is 51.7 Å². The first-order valence-corrected chi connectivity index (χ1v) is 6.68. The van der Waals surface area contributed by atoms with Crippen LogP contribution in [0.4, 0.5) is 0 Å². The molecule has 0 atom stereocenters. The van der Waals surface area contributed by atoms with Crippen LogP contribution in [0.5, 0.6) is 0 Å². The van der Waals surface area contributed by atoms with Crippen molar-refractivity contribution in [2.45, 2.75) is 52.9 Å². The highest BCUT2D eigenvalue weighted by atomic mass is 14.8. The molecule has 0 aromatic heterocycles. The van der Waals surface area contributed by atoms with Gasteiger partial charge in [-0.05, 0) is 51.4 Å². The van der Waals surface area contributed by atoms with Crippen molar-refractivity contribution in [1.29, 1.82) is 0 Å². The molecule has 0 heterocycles. The second kappa shape index (κ2) is 12.0. The lowest BCUT2D eigenvalue weighted by molar-refractivity contribution is 0.518. The van der Waals surface area contributed by atoms with Gasteiger partial charge in [-0.2, -0.15) is 0 Å². The van der Waals surface area contributed by atoms with E-state index in [-0.39, 0.29) is 0 Å². The van der Waals surface area contributed by atoms with E-state index in [0.717, 1.165) is 12.5 Å². The summed E-state index contributed by atoms with van der Waals surface area (Å²) in [5, 5.41) is 6.86. The van der Waals surface area contributed by atoms with Gasteiger partial charge in [0.25, 0.3) is 0 Å². The van der Waals surface area contributed by atoms with Gasteiger partial charge in [0.15, 0.2) is 0 Å². The van der Waals surface area contributed by atoms with Gasteiger partial charge in [-0.1, -0.05) is 33.6 Å². The summed E-state index contributed by atoms with van der Waals surface area (Å²) in [5.74, 6) is 0.831. The van der Waals surface area contributed by atoms with Gasteiger partial charge in [-0.3, -0.25) is 0 Å². The zero-order chi connectivity index (χ0) is 11.4. The smallest absolute Gasteiger partial charge is 0.00465 e. The average molecular weight is 214 g/mol. The molecule has 0 aromatic carbocycles. The second-order valence-corrected chi connectivity index (χ2v) is 4.70. The molecule has 0 unspecified atom stereocenters. The Morgan fingerprint density at radius 3 is 1.93 bits per heavy atom. The van der Waals surface area contributed by atoms with Crippen LogP contribution < -0.4 is 10.6 Å². The van der Waals surface area contributed by atoms with Gasteiger partial charge in [0.05, 0.1) is 0 Å². The van der Waals surface area contributed by atoms with E-state index in [2.05, 4.69) is 31.4 Å². The highest BCUT2D eigenvalue weighted by molar-refractivity contribution is 4.52. The van der Waals surface area contributed by atoms with Gasteiger partial charge >= 0.3 is 0 Å². The van der Waals surface area contributed by atoms with Gasteiger partial charge in [0, 0.05) is 0 Å². The first-order chi connectivity index (χ1) is 7.27. The molecule has 15 heavy (non-hydrogen) atoms. The lowest BCUT2D eigenvalue weighted by Gasteiger charge is -2.06. The normalized spacial score (nSPS) is 11.2. The maximum absolute atomic E-state index is 3.50. The Balaban J connectivity index is 2.87. The number of hydrogen-bond acceptors (Lipinski definition) is 2. The standard InChI is InChI=1S/C13H30N2/c1-4-14-10-7-5-6-8-11-15-12-9-13(2)3/h13-15H,4-12H2,1-3H3. The maximum Gasteiger partial charge on any atom is -0.00465 e. The van der Waals surface area contributed by atoms with Gasteiger partial charge in [-0.15, -0.1) is 0 Å². The summed E-state index contributed by atoms with van der Waals surface area (Å²) in [4.78, 5) is 0. The molecule has 0 saturated carbocycles. The van der Waals surface area contributed by atoms with Crippen molar-refractivity contribution < 1.29 is 0 Å². The summed E-state index contributed by atoms with van der Waals surface area (Å²) in [6.07, 6.45) is 6.73. The van der Waals surface area contributed by atoms with Crippen LogP contribution in [0.15, 0.2) is 0 Å². The Morgan fingerprint density at radius 2 is 1.40 bits per heavy atom. The van der Waals surface area contributed by atoms with E-state index in [9.17, 15) is 0 Å². The maximum atomic E-state index is 3.50. The predicted molar refractivity (Wildman–Crippen MR) is 69.3 cm³/mol. The molecule has 0 saturated heterocycles. The van der Waals surface area contributed by atoms with Gasteiger partial charge in [-0.25, -0.2) is 0 Å². The van der Waals surface area contributed by atoms with Crippen molar-refractivity contribution in [3.8, 4) is 0 Å². The van der Waals surface area contributed by atoms with Crippen molar-refractivity contribution >= 4 is 0 Å². The fourth-order valence-electron chi connectivity index (χ4n) is 1.55. The predicted octanol–water partition coefficient (Wildman–Crippen LogP) is 2.79. The van der Waals surface area contributed by atoms with Crippen molar-refractivity contribution in [3.05, 3.63) is 0 Å². The largest absolute Gasteiger partial charge is 0.317 e. The SMILES string of the molecule is CCNCCCCCCNCCC(C)C. The van der Waals surface area contributed by atoms with Crippen LogP contribution >= 0.6 is 0 Å². The molecule has 0 amide bonds. The summed E-state index contributed by atoms with van der Waals surface area (Å²) in [6.45, 7) is 11.4. The van der Waals surface area contributed by atoms with Crippen LogP contribution in [-0.4, -0.2) is 26.2 Å². The monoisotopic (exact) mass is 214 g/mol. The lowest BCUT2D eigenvalue weighted by Crippen LogP contribution is -2.18. The minimum atomic E-state index is 0.831. The molecule has 2 heteroatoms. The van der Waals surface area contributed by atoms with Crippen molar-refractivity contribution in [2.75, 3.05) is 26.2 Å². The molecule has 0 radical (unpaired) electrons. The zero-order valence-electron chi connectivity index (χ0n) is 10.9. The third-order valence-electron chi connectivity index (χ3n) is 2.61. The molecular weight excluding hydrogens is 184 g/mol. The summed E-state index contributed by atoms with van der Waals surface area (Å²) in [7, 11) is 0. The highest BCUT2D eigenvalue weighted by Crippen LogP contribution is 1.99. The number of unbranched alkanes of at least 4 members (excludes halogenated alkanes) is 3. The molecule has 0 aliphatic carbocycles. The fraction of sp³-hybridized carbons (Fsp3) is 1.00. The lowest BCUT2D eigenvalue weighted by atomic mass is 10.1. The van der Waals surface area contributed by atoms with Gasteiger partial charge < -0.3 is 10.6 Å². The summed E-state index contributed by atoms with van der Waals surface area (Å²) in [6, 6.07) is 0. The van der Waals surface area contributed by atoms with Crippen LogP contribution in [0.2, 0.25) is 0 Å². The van der Waals surface area contributed by atoms with E-state index in [1.54, 1.807) is 0 Å². The van der Waals surface area contributed by atoms with E-state index < -0.39 is 0 Å². The Bertz CT molecular complexity index is 113. The highest BCUT2D eigenvalue weighted by Gasteiger charge is 1.93. The molecule has 0 aromatic rings. The minimum absolute atomic E-state index is 0.831. The number of rotatable bonds is 11. The Morgan fingerprint density at radius 1 is 0.800 bits per heavy atom. The fourth-order valence-corrected chi connectivity index (χ4v) is 1.55. The molecule has 0 fully saturated rings. The second-order valence-electron chi connectivity index (χ2n) is 4.70. The van der Waals surface area contributed by atoms with E-state index >= 15 is 0 Å². The van der Waals surface area contributed by atoms with Gasteiger partial charge in [0.2, 0.25) is 0 Å². The summed E-state index contributed by atoms with van der Waals surface area (Å²) >= 11 is 0. The molecule has 0 rings (SSSR count). The number of nitrogens with one attached hydrogen (secondary N) is 2. The molecule has 0 spiro atoms. The summed E-state index contributed by atoms with van der Waals surface area (Å²) in [5.41, 5.74) is 0. The summed E-state index contributed by atoms with van der Waals surface area (Å²) < 4.78 is 0. The Kier molecular flexibility index (Phi) is 11.9. The zero-order valence-corrected chi connectivity index (χ0v) is 10.9. The number of hydrogen-bond donors (Lipinski definition) is 2. The topological polar surface area (TPSA) is 24.1 Å². The average Bonchev–Trinajstić information content (AvgIpc) is 2.20. The van der Waals surface area contributed by atoms with Gasteiger partial charge in [0.1, 0.15) is 0 Å². The molecular formula is C13H30N2. The Labute approximate surface area is 96.2 Å². The third-order valence-corrected chi connectivity index (χ3v) is 2.61. The van der Waals surface area contributed by atoms with Crippen LogP contribution in [0.25, 0.3) is 0 Å².